The summed E-state index contributed by atoms with van der Waals surface area (Å²) in [6.45, 7) is 1.40. The zero-order chi connectivity index (χ0) is 13.8. The van der Waals surface area contributed by atoms with Crippen LogP contribution in [0.3, 0.4) is 0 Å². The summed E-state index contributed by atoms with van der Waals surface area (Å²) in [6, 6.07) is 5.89. The van der Waals surface area contributed by atoms with Crippen molar-refractivity contribution in [2.24, 2.45) is 5.73 Å². The van der Waals surface area contributed by atoms with Crippen molar-refractivity contribution in [2.75, 3.05) is 11.9 Å². The van der Waals surface area contributed by atoms with Crippen LogP contribution in [0, 0.1) is 0 Å². The minimum Gasteiger partial charge on any atom is -0.462 e. The average Bonchev–Trinajstić information content (AvgIpc) is 2.32. The maximum Gasteiger partial charge on any atom is 0.369 e. The number of carbonyl (C=O) groups is 2. The van der Waals surface area contributed by atoms with E-state index in [4.69, 9.17) is 17.3 Å². The third-order valence-corrected chi connectivity index (χ3v) is 2.26. The molecule has 1 rings (SSSR count). The van der Waals surface area contributed by atoms with Gasteiger partial charge in [-0.1, -0.05) is 11.6 Å². The zero-order valence-electron chi connectivity index (χ0n) is 9.57. The number of alkyl halides is 1. The third-order valence-electron chi connectivity index (χ3n) is 2.01. The predicted octanol–water partition coefficient (Wildman–Crippen LogP) is 1.47. The molecule has 0 aromatic heterocycles. The second kappa shape index (κ2) is 5.79. The van der Waals surface area contributed by atoms with E-state index in [1.165, 1.54) is 31.2 Å². The Labute approximate surface area is 108 Å². The van der Waals surface area contributed by atoms with Gasteiger partial charge >= 0.3 is 11.8 Å². The van der Waals surface area contributed by atoms with Gasteiger partial charge in [-0.2, -0.15) is 0 Å². The van der Waals surface area contributed by atoms with Crippen LogP contribution in [0.4, 0.5) is 10.1 Å². The van der Waals surface area contributed by atoms with Gasteiger partial charge < -0.3 is 10.1 Å². The number of benzene rings is 1. The molecular formula is C11H12ClFN2O3. The maximum atomic E-state index is 13.7. The van der Waals surface area contributed by atoms with Crippen molar-refractivity contribution in [3.63, 3.8) is 0 Å². The Bertz CT molecular complexity index is 448. The summed E-state index contributed by atoms with van der Waals surface area (Å²) in [6.07, 6.45) is 0. The van der Waals surface area contributed by atoms with Gasteiger partial charge in [0, 0.05) is 10.7 Å². The highest BCUT2D eigenvalue weighted by atomic mass is 35.5. The van der Waals surface area contributed by atoms with Gasteiger partial charge in [0.15, 0.2) is 0 Å². The number of nitrogens with one attached hydrogen (secondary N) is 1. The molecule has 98 valence electrons. The summed E-state index contributed by atoms with van der Waals surface area (Å²) >= 11 is 5.64. The number of hydrogen-bond acceptors (Lipinski definition) is 4. The molecule has 18 heavy (non-hydrogen) atoms. The monoisotopic (exact) mass is 274 g/mol. The lowest BCUT2D eigenvalue weighted by Crippen LogP contribution is -2.54. The Balaban J connectivity index is 2.75. The van der Waals surface area contributed by atoms with Gasteiger partial charge in [0.05, 0.1) is 6.61 Å². The topological polar surface area (TPSA) is 81.4 Å². The highest BCUT2D eigenvalue weighted by Crippen LogP contribution is 2.16. The van der Waals surface area contributed by atoms with E-state index >= 15 is 0 Å². The molecule has 3 N–H and O–H groups in total. The number of hydrogen-bond donors (Lipinski definition) is 2. The van der Waals surface area contributed by atoms with E-state index in [0.717, 1.165) is 0 Å². The number of anilines is 1. The lowest BCUT2D eigenvalue weighted by Gasteiger charge is -2.17. The molecule has 0 radical (unpaired) electrons. The number of esters is 1. The molecule has 1 unspecified atom stereocenters. The molecule has 0 aliphatic carbocycles. The summed E-state index contributed by atoms with van der Waals surface area (Å²) in [4.78, 5) is 22.6. The first-order valence-corrected chi connectivity index (χ1v) is 5.47. The van der Waals surface area contributed by atoms with Crippen molar-refractivity contribution in [2.45, 2.75) is 12.7 Å². The van der Waals surface area contributed by atoms with Gasteiger partial charge in [-0.25, -0.2) is 9.18 Å². The molecule has 1 aromatic rings. The number of nitrogens with two attached hydrogens (primary N) is 1. The fourth-order valence-corrected chi connectivity index (χ4v) is 1.21. The summed E-state index contributed by atoms with van der Waals surface area (Å²) in [7, 11) is 0. The van der Waals surface area contributed by atoms with Crippen LogP contribution in [0.2, 0.25) is 5.02 Å². The molecule has 0 saturated heterocycles. The van der Waals surface area contributed by atoms with Gasteiger partial charge in [0.1, 0.15) is 0 Å². The molecule has 0 aliphatic rings. The fourth-order valence-electron chi connectivity index (χ4n) is 1.08. The molecule has 0 heterocycles. The standard InChI is InChI=1S/C11H12ClFN2O3/c1-2-18-10(17)11(13,14)9(16)15-8-5-3-7(12)4-6-8/h3-6H,2,14H2,1H3,(H,15,16). The van der Waals surface area contributed by atoms with Gasteiger partial charge in [-0.3, -0.25) is 10.5 Å². The van der Waals surface area contributed by atoms with Crippen molar-refractivity contribution in [3.8, 4) is 0 Å². The smallest absolute Gasteiger partial charge is 0.369 e. The van der Waals surface area contributed by atoms with Gasteiger partial charge in [0.25, 0.3) is 5.91 Å². The van der Waals surface area contributed by atoms with Crippen molar-refractivity contribution >= 4 is 29.2 Å². The first kappa shape index (κ1) is 14.4. The van der Waals surface area contributed by atoms with Crippen molar-refractivity contribution in [1.82, 2.24) is 0 Å². The number of rotatable bonds is 4. The molecule has 0 spiro atoms. The first-order chi connectivity index (χ1) is 8.37. The van der Waals surface area contributed by atoms with E-state index in [9.17, 15) is 14.0 Å². The van der Waals surface area contributed by atoms with Crippen LogP contribution in [0.25, 0.3) is 0 Å². The molecule has 1 amide bonds. The molecule has 7 heteroatoms. The summed E-state index contributed by atoms with van der Waals surface area (Å²) in [5.41, 5.74) is 5.25. The van der Waals surface area contributed by atoms with E-state index in [1.54, 1.807) is 0 Å². The van der Waals surface area contributed by atoms with Gasteiger partial charge in [-0.15, -0.1) is 0 Å². The van der Waals surface area contributed by atoms with Crippen LogP contribution < -0.4 is 11.1 Å². The highest BCUT2D eigenvalue weighted by molar-refractivity contribution is 6.30. The minimum atomic E-state index is -3.23. The SMILES string of the molecule is CCOC(=O)C(N)(F)C(=O)Nc1ccc(Cl)cc1. The van der Waals surface area contributed by atoms with Crippen molar-refractivity contribution in [1.29, 1.82) is 0 Å². The molecule has 1 atom stereocenters. The quantitative estimate of drug-likeness (QED) is 0.495. The predicted molar refractivity (Wildman–Crippen MR) is 64.7 cm³/mol. The van der Waals surface area contributed by atoms with E-state index in [0.29, 0.717) is 5.02 Å². The maximum absolute atomic E-state index is 13.7. The first-order valence-electron chi connectivity index (χ1n) is 5.10. The Morgan fingerprint density at radius 2 is 2.00 bits per heavy atom. The lowest BCUT2D eigenvalue weighted by molar-refractivity contribution is -0.161. The number of carbonyl (C=O) groups excluding carboxylic acids is 2. The summed E-state index contributed by atoms with van der Waals surface area (Å²) < 4.78 is 18.1. The molecular weight excluding hydrogens is 263 g/mol. The number of ether oxygens (including phenoxy) is 1. The second-order valence-corrected chi connectivity index (χ2v) is 3.83. The Hall–Kier alpha value is -1.66. The van der Waals surface area contributed by atoms with Crippen LogP contribution in [-0.2, 0) is 14.3 Å². The van der Waals surface area contributed by atoms with Gasteiger partial charge in [0.2, 0.25) is 0 Å². The second-order valence-electron chi connectivity index (χ2n) is 3.39. The van der Waals surface area contributed by atoms with E-state index in [1.807, 2.05) is 0 Å². The number of halogens is 2. The molecule has 0 aliphatic heterocycles. The molecule has 1 aromatic carbocycles. The third kappa shape index (κ3) is 3.41. The van der Waals surface area contributed by atoms with Crippen LogP contribution >= 0.6 is 11.6 Å². The average molecular weight is 275 g/mol. The van der Waals surface area contributed by atoms with E-state index in [-0.39, 0.29) is 12.3 Å². The lowest BCUT2D eigenvalue weighted by atomic mass is 10.2. The largest absolute Gasteiger partial charge is 0.462 e. The molecule has 0 fully saturated rings. The van der Waals surface area contributed by atoms with E-state index in [2.05, 4.69) is 10.1 Å². The van der Waals surface area contributed by atoms with Crippen LogP contribution in [0.15, 0.2) is 24.3 Å². The fraction of sp³-hybridized carbons (Fsp3) is 0.273. The molecule has 0 bridgehead atoms. The number of amides is 1. The van der Waals surface area contributed by atoms with Crippen LogP contribution in [0.5, 0.6) is 0 Å². The molecule has 5 nitrogen and oxygen atoms in total. The Morgan fingerprint density at radius 1 is 1.44 bits per heavy atom. The summed E-state index contributed by atoms with van der Waals surface area (Å²) in [5, 5.41) is 2.61. The van der Waals surface area contributed by atoms with Gasteiger partial charge in [-0.05, 0) is 31.2 Å². The van der Waals surface area contributed by atoms with Crippen LogP contribution in [0.1, 0.15) is 6.92 Å². The van der Waals surface area contributed by atoms with E-state index < -0.39 is 17.7 Å². The normalized spacial score (nSPS) is 13.6. The Kier molecular flexibility index (Phi) is 4.63. The zero-order valence-corrected chi connectivity index (χ0v) is 10.3. The summed E-state index contributed by atoms with van der Waals surface area (Å²) in [5.74, 6) is -5.96. The van der Waals surface area contributed by atoms with Crippen LogP contribution in [-0.4, -0.2) is 24.3 Å². The highest BCUT2D eigenvalue weighted by Gasteiger charge is 2.44. The Morgan fingerprint density at radius 3 is 2.50 bits per heavy atom. The van der Waals surface area contributed by atoms with Crippen molar-refractivity contribution in [3.05, 3.63) is 29.3 Å². The molecule has 0 saturated carbocycles. The minimum absolute atomic E-state index is 0.0735. The van der Waals surface area contributed by atoms with Crippen molar-refractivity contribution < 1.29 is 18.7 Å².